The molecule has 3 rings (SSSR count). The highest BCUT2D eigenvalue weighted by molar-refractivity contribution is 7.91. The van der Waals surface area contributed by atoms with Crippen molar-refractivity contribution in [3.63, 3.8) is 0 Å². The fourth-order valence-electron chi connectivity index (χ4n) is 4.98. The molecule has 1 unspecified atom stereocenters. The second kappa shape index (κ2) is 13.0. The molecular formula is C27H34ClF5N4O5S. The summed E-state index contributed by atoms with van der Waals surface area (Å²) in [6, 6.07) is 3.24. The Kier molecular flexibility index (Phi) is 10.4. The number of amides is 2. The minimum Gasteiger partial charge on any atom is -0.434 e. The van der Waals surface area contributed by atoms with Crippen LogP contribution in [0.5, 0.6) is 5.75 Å². The second-order valence-corrected chi connectivity index (χ2v) is 13.9. The number of nitrogens with one attached hydrogen (secondary N) is 1. The van der Waals surface area contributed by atoms with Crippen LogP contribution < -0.4 is 10.1 Å². The first-order valence-corrected chi connectivity index (χ1v) is 15.8. The zero-order chi connectivity index (χ0) is 32.5. The summed E-state index contributed by atoms with van der Waals surface area (Å²) in [5.74, 6) is -1.52. The molecule has 240 valence electrons. The Balaban J connectivity index is 1.91. The first-order chi connectivity index (χ1) is 19.8. The third kappa shape index (κ3) is 7.97. The van der Waals surface area contributed by atoms with Crippen molar-refractivity contribution in [2.45, 2.75) is 77.6 Å². The number of alkyl halides is 5. The molecule has 2 amide bonds. The lowest BCUT2D eigenvalue weighted by atomic mass is 9.84. The molecular weight excluding hydrogens is 623 g/mol. The number of carbonyl (C=O) groups is 2. The summed E-state index contributed by atoms with van der Waals surface area (Å²) in [6.45, 7) is 1.77. The number of sulfone groups is 1. The zero-order valence-corrected chi connectivity index (χ0v) is 25.8. The quantitative estimate of drug-likeness (QED) is 0.356. The van der Waals surface area contributed by atoms with Crippen LogP contribution in [0.1, 0.15) is 56.6 Å². The number of benzene rings is 1. The summed E-state index contributed by atoms with van der Waals surface area (Å²) in [6.07, 6.45) is -3.31. The highest BCUT2D eigenvalue weighted by atomic mass is 35.5. The average Bonchev–Trinajstić information content (AvgIpc) is 3.21. The van der Waals surface area contributed by atoms with Gasteiger partial charge in [-0.05, 0) is 43.9 Å². The van der Waals surface area contributed by atoms with E-state index >= 15 is 0 Å². The molecule has 2 atom stereocenters. The average molecular weight is 657 g/mol. The molecule has 1 N–H and O–H groups in total. The van der Waals surface area contributed by atoms with Crippen LogP contribution in [-0.4, -0.2) is 78.3 Å². The van der Waals surface area contributed by atoms with Gasteiger partial charge >= 0.3 is 12.8 Å². The van der Waals surface area contributed by atoms with Gasteiger partial charge in [0.15, 0.2) is 15.5 Å². The fraction of sp³-hybridized carbons (Fsp3) is 0.593. The third-order valence-corrected chi connectivity index (χ3v) is 9.46. The van der Waals surface area contributed by atoms with Gasteiger partial charge in [-0.2, -0.15) is 27.1 Å². The molecule has 1 saturated heterocycles. The van der Waals surface area contributed by atoms with Gasteiger partial charge in [0.05, 0.1) is 21.4 Å². The Morgan fingerprint density at radius 3 is 2.40 bits per heavy atom. The Morgan fingerprint density at radius 2 is 1.86 bits per heavy atom. The van der Waals surface area contributed by atoms with E-state index < -0.39 is 57.4 Å². The Morgan fingerprint density at radius 1 is 1.21 bits per heavy atom. The summed E-state index contributed by atoms with van der Waals surface area (Å²) in [7, 11) is -3.38. The summed E-state index contributed by atoms with van der Waals surface area (Å²) >= 11 is 6.56. The van der Waals surface area contributed by atoms with Gasteiger partial charge in [-0.15, -0.1) is 0 Å². The number of nitrogens with zero attached hydrogens (tertiary/aromatic N) is 3. The van der Waals surface area contributed by atoms with Gasteiger partial charge in [-0.3, -0.25) is 14.3 Å². The van der Waals surface area contributed by atoms with Crippen LogP contribution in [0.2, 0.25) is 5.02 Å². The first kappa shape index (κ1) is 34.5. The maximum absolute atomic E-state index is 13.4. The lowest BCUT2D eigenvalue weighted by molar-refractivity contribution is -0.211. The maximum atomic E-state index is 13.4. The number of piperidine rings is 1. The Bertz CT molecular complexity index is 1460. The van der Waals surface area contributed by atoms with E-state index in [-0.39, 0.29) is 53.1 Å². The van der Waals surface area contributed by atoms with Gasteiger partial charge in [0.1, 0.15) is 5.75 Å². The Labute approximate surface area is 251 Å². The van der Waals surface area contributed by atoms with Gasteiger partial charge < -0.3 is 15.0 Å². The zero-order valence-electron chi connectivity index (χ0n) is 24.3. The first-order valence-electron chi connectivity index (χ1n) is 13.4. The number of hydrogen-bond donors (Lipinski definition) is 1. The van der Waals surface area contributed by atoms with Crippen molar-refractivity contribution < 1.29 is 44.7 Å². The molecule has 9 nitrogen and oxygen atoms in total. The summed E-state index contributed by atoms with van der Waals surface area (Å²) in [5, 5.41) is 5.97. The monoisotopic (exact) mass is 656 g/mol. The van der Waals surface area contributed by atoms with Gasteiger partial charge in [-0.25, -0.2) is 8.42 Å². The van der Waals surface area contributed by atoms with E-state index in [0.717, 1.165) is 26.2 Å². The molecule has 0 radical (unpaired) electrons. The van der Waals surface area contributed by atoms with Gasteiger partial charge in [0, 0.05) is 44.4 Å². The second-order valence-electron chi connectivity index (χ2n) is 11.2. The predicted molar refractivity (Wildman–Crippen MR) is 150 cm³/mol. The van der Waals surface area contributed by atoms with Crippen molar-refractivity contribution in [3.05, 3.63) is 34.5 Å². The van der Waals surface area contributed by atoms with Crippen molar-refractivity contribution in [3.8, 4) is 17.0 Å². The molecule has 1 aromatic heterocycles. The third-order valence-electron chi connectivity index (χ3n) is 7.51. The molecule has 1 aliphatic heterocycles. The number of ether oxygens (including phenoxy) is 1. The number of aromatic nitrogens is 2. The van der Waals surface area contributed by atoms with Crippen molar-refractivity contribution >= 4 is 33.3 Å². The number of carbonyl (C=O) groups excluding carboxylic acids is 2. The van der Waals surface area contributed by atoms with Crippen molar-refractivity contribution in [1.82, 2.24) is 20.0 Å². The fourth-order valence-corrected chi connectivity index (χ4v) is 6.30. The molecule has 1 fully saturated rings. The minimum absolute atomic E-state index is 0.00545. The maximum Gasteiger partial charge on any atom is 0.394 e. The number of aryl methyl sites for hydroxylation is 1. The van der Waals surface area contributed by atoms with Gasteiger partial charge in [0.25, 0.3) is 5.91 Å². The van der Waals surface area contributed by atoms with Crippen LogP contribution in [0, 0.1) is 5.41 Å². The molecule has 0 bridgehead atoms. The number of likely N-dealkylation sites (tertiary alicyclic amines) is 1. The van der Waals surface area contributed by atoms with Crippen LogP contribution in [0.3, 0.4) is 0 Å². The van der Waals surface area contributed by atoms with Crippen LogP contribution >= 0.6 is 11.6 Å². The standard InChI is InChI=1S/C27H34ClF5N4O5S/c1-6-37-23(19-10-7-16(11-20(19)42-25(29)30)12-26(3,4)27(31,32)33)21(28)22(35-37)24(39)34-13-17-8-9-18(43(5,40)41)14-36(17)15(2)38/h7,10-11,17-18,25H,6,8-9,12-14H2,1-5H3,(H,34,39)/t17-,18?/m1/s1. The Hall–Kier alpha value is -2.94. The van der Waals surface area contributed by atoms with Crippen LogP contribution in [0.25, 0.3) is 11.3 Å². The molecule has 0 aliphatic carbocycles. The lowest BCUT2D eigenvalue weighted by Crippen LogP contribution is -2.53. The molecule has 2 heterocycles. The van der Waals surface area contributed by atoms with Crippen LogP contribution in [0.15, 0.2) is 18.2 Å². The molecule has 2 aromatic rings. The number of hydrogen-bond acceptors (Lipinski definition) is 6. The van der Waals surface area contributed by atoms with E-state index in [9.17, 15) is 40.0 Å². The van der Waals surface area contributed by atoms with Crippen LogP contribution in [0.4, 0.5) is 22.0 Å². The normalized spacial score (nSPS) is 18.2. The number of halogens is 6. The van der Waals surface area contributed by atoms with Crippen molar-refractivity contribution in [1.29, 1.82) is 0 Å². The van der Waals surface area contributed by atoms with E-state index in [1.165, 1.54) is 28.6 Å². The molecule has 1 aliphatic rings. The summed E-state index contributed by atoms with van der Waals surface area (Å²) in [4.78, 5) is 26.8. The van der Waals surface area contributed by atoms with E-state index in [2.05, 4.69) is 15.2 Å². The molecule has 43 heavy (non-hydrogen) atoms. The van der Waals surface area contributed by atoms with Gasteiger partial charge in [0.2, 0.25) is 5.91 Å². The van der Waals surface area contributed by atoms with E-state index in [4.69, 9.17) is 11.6 Å². The van der Waals surface area contributed by atoms with Crippen molar-refractivity contribution in [2.24, 2.45) is 5.41 Å². The topological polar surface area (TPSA) is 111 Å². The predicted octanol–water partition coefficient (Wildman–Crippen LogP) is 5.11. The van der Waals surface area contributed by atoms with E-state index in [1.807, 2.05) is 0 Å². The van der Waals surface area contributed by atoms with Gasteiger partial charge in [-0.1, -0.05) is 31.5 Å². The summed E-state index contributed by atoms with van der Waals surface area (Å²) < 4.78 is 97.0. The lowest BCUT2D eigenvalue weighted by Gasteiger charge is -2.38. The highest BCUT2D eigenvalue weighted by Gasteiger charge is 2.47. The molecule has 0 saturated carbocycles. The van der Waals surface area contributed by atoms with E-state index in [1.54, 1.807) is 6.92 Å². The largest absolute Gasteiger partial charge is 0.434 e. The SMILES string of the molecule is CCn1nc(C(=O)NC[C@H]2CCC(S(C)(=O)=O)CN2C(C)=O)c(Cl)c1-c1ccc(CC(C)(C)C(F)(F)F)cc1OC(F)F. The molecule has 1 aromatic carbocycles. The minimum atomic E-state index is -4.55. The summed E-state index contributed by atoms with van der Waals surface area (Å²) in [5.41, 5.74) is -2.26. The van der Waals surface area contributed by atoms with E-state index in [0.29, 0.717) is 12.8 Å². The highest BCUT2D eigenvalue weighted by Crippen LogP contribution is 2.43. The molecule has 0 spiro atoms. The smallest absolute Gasteiger partial charge is 0.394 e. The van der Waals surface area contributed by atoms with Crippen molar-refractivity contribution in [2.75, 3.05) is 19.3 Å². The molecule has 16 heteroatoms. The van der Waals surface area contributed by atoms with Crippen LogP contribution in [-0.2, 0) is 27.6 Å². The number of rotatable bonds is 10.